The zero-order valence-electron chi connectivity index (χ0n) is 8.94. The molecule has 0 spiro atoms. The molecular weight excluding hydrogens is 213 g/mol. The van der Waals surface area contributed by atoms with Gasteiger partial charge < -0.3 is 0 Å². The monoisotopic (exact) mass is 221 g/mol. The van der Waals surface area contributed by atoms with Gasteiger partial charge in [-0.25, -0.2) is 4.39 Å². The minimum Gasteiger partial charge on any atom is -0.206 e. The van der Waals surface area contributed by atoms with Gasteiger partial charge >= 0.3 is 0 Å². The van der Waals surface area contributed by atoms with Gasteiger partial charge in [-0.3, -0.25) is 0 Å². The first-order chi connectivity index (χ1) is 8.24. The van der Waals surface area contributed by atoms with Gasteiger partial charge in [0.2, 0.25) is 0 Å². The summed E-state index contributed by atoms with van der Waals surface area (Å²) < 4.78 is 13.7. The lowest BCUT2D eigenvalue weighted by atomic mass is 10.0. The van der Waals surface area contributed by atoms with E-state index in [-0.39, 0.29) is 5.82 Å². The minimum absolute atomic E-state index is 0.356. The van der Waals surface area contributed by atoms with Crippen LogP contribution in [0.25, 0.3) is 11.1 Å². The van der Waals surface area contributed by atoms with E-state index < -0.39 is 0 Å². The lowest BCUT2D eigenvalue weighted by Gasteiger charge is -2.04. The van der Waals surface area contributed by atoms with E-state index in [9.17, 15) is 4.39 Å². The quantitative estimate of drug-likeness (QED) is 0.677. The molecule has 0 atom stereocenters. The molecular formula is C15H8FN. The smallest absolute Gasteiger partial charge is 0.132 e. The molecule has 1 nitrogen and oxygen atoms in total. The first-order valence-electron chi connectivity index (χ1n) is 5.01. The molecule has 0 unspecified atom stereocenters. The minimum atomic E-state index is -0.356. The molecule has 0 radical (unpaired) electrons. The molecule has 2 heteroatoms. The molecule has 0 saturated carbocycles. The van der Waals surface area contributed by atoms with Crippen LogP contribution in [-0.2, 0) is 0 Å². The first kappa shape index (κ1) is 10.9. The zero-order valence-corrected chi connectivity index (χ0v) is 8.94. The van der Waals surface area contributed by atoms with Crippen LogP contribution in [0, 0.1) is 29.5 Å². The van der Waals surface area contributed by atoms with Crippen LogP contribution in [0.2, 0.25) is 0 Å². The maximum Gasteiger partial charge on any atom is 0.132 e. The third kappa shape index (κ3) is 2.17. The summed E-state index contributed by atoms with van der Waals surface area (Å²) in [5.41, 5.74) is 2.27. The van der Waals surface area contributed by atoms with Crippen LogP contribution in [0.4, 0.5) is 4.39 Å². The molecule has 0 N–H and O–H groups in total. The Kier molecular flexibility index (Phi) is 2.90. The van der Waals surface area contributed by atoms with Gasteiger partial charge in [-0.05, 0) is 29.8 Å². The molecule has 0 heterocycles. The van der Waals surface area contributed by atoms with E-state index in [2.05, 4.69) is 5.92 Å². The Labute approximate surface area is 99.1 Å². The second-order valence-electron chi connectivity index (χ2n) is 3.53. The van der Waals surface area contributed by atoms with Crippen LogP contribution in [0.1, 0.15) is 11.1 Å². The van der Waals surface area contributed by atoms with Crippen molar-refractivity contribution in [2.75, 3.05) is 0 Å². The Balaban J connectivity index is 2.47. The summed E-state index contributed by atoms with van der Waals surface area (Å²) in [5.74, 6) is 2.03. The Hall–Kier alpha value is -2.58. The molecule has 80 valence electrons. The molecule has 0 fully saturated rings. The van der Waals surface area contributed by atoms with Crippen LogP contribution in [0.15, 0.2) is 42.5 Å². The number of hydrogen-bond acceptors (Lipinski definition) is 1. The largest absolute Gasteiger partial charge is 0.206 e. The predicted molar refractivity (Wildman–Crippen MR) is 64.5 cm³/mol. The van der Waals surface area contributed by atoms with Gasteiger partial charge in [0, 0.05) is 11.1 Å². The summed E-state index contributed by atoms with van der Waals surface area (Å²) in [5, 5.41) is 8.68. The first-order valence-corrected chi connectivity index (χ1v) is 5.01. The second kappa shape index (κ2) is 4.51. The normalized spacial score (nSPS) is 9.35. The Morgan fingerprint density at radius 3 is 2.18 bits per heavy atom. The van der Waals surface area contributed by atoms with Crippen molar-refractivity contribution in [1.29, 1.82) is 5.26 Å². The average Bonchev–Trinajstić information content (AvgIpc) is 2.39. The van der Waals surface area contributed by atoms with Crippen LogP contribution in [-0.4, -0.2) is 0 Å². The second-order valence-corrected chi connectivity index (χ2v) is 3.53. The van der Waals surface area contributed by atoms with Crippen molar-refractivity contribution in [1.82, 2.24) is 0 Å². The van der Waals surface area contributed by atoms with Crippen molar-refractivity contribution in [3.8, 4) is 29.5 Å². The summed E-state index contributed by atoms with van der Waals surface area (Å²) in [7, 11) is 0. The van der Waals surface area contributed by atoms with E-state index in [4.69, 9.17) is 11.7 Å². The summed E-state index contributed by atoms with van der Waals surface area (Å²) in [4.78, 5) is 0. The van der Waals surface area contributed by atoms with E-state index in [0.717, 1.165) is 5.56 Å². The van der Waals surface area contributed by atoms with Crippen LogP contribution < -0.4 is 0 Å². The molecule has 0 aliphatic carbocycles. The number of benzene rings is 2. The molecule has 0 aromatic heterocycles. The SMILES string of the molecule is C#Cc1ccc(-c2ccc(C#N)cc2)c(F)c1. The molecule has 0 aliphatic rings. The average molecular weight is 221 g/mol. The van der Waals surface area contributed by atoms with Gasteiger partial charge in [-0.15, -0.1) is 6.42 Å². The highest BCUT2D eigenvalue weighted by atomic mass is 19.1. The Morgan fingerprint density at radius 2 is 1.65 bits per heavy atom. The van der Waals surface area contributed by atoms with Gasteiger partial charge in [0.25, 0.3) is 0 Å². The standard InChI is InChI=1S/C15H8FN/c1-2-11-5-8-14(15(16)9-11)13-6-3-12(10-17)4-7-13/h1,3-9H. The van der Waals surface area contributed by atoms with E-state index in [1.165, 1.54) is 6.07 Å². The topological polar surface area (TPSA) is 23.8 Å². The van der Waals surface area contributed by atoms with Crippen molar-refractivity contribution in [2.24, 2.45) is 0 Å². The molecule has 17 heavy (non-hydrogen) atoms. The number of nitriles is 1. The fraction of sp³-hybridized carbons (Fsp3) is 0. The van der Waals surface area contributed by atoms with E-state index >= 15 is 0 Å². The fourth-order valence-corrected chi connectivity index (χ4v) is 1.56. The highest BCUT2D eigenvalue weighted by Crippen LogP contribution is 2.23. The maximum absolute atomic E-state index is 13.7. The summed E-state index contributed by atoms with van der Waals surface area (Å²) >= 11 is 0. The highest BCUT2D eigenvalue weighted by Gasteiger charge is 2.05. The molecule has 0 bridgehead atoms. The van der Waals surface area contributed by atoms with Gasteiger partial charge in [0.15, 0.2) is 0 Å². The maximum atomic E-state index is 13.7. The fourth-order valence-electron chi connectivity index (χ4n) is 1.56. The predicted octanol–water partition coefficient (Wildman–Crippen LogP) is 3.35. The number of halogens is 1. The molecule has 0 amide bonds. The van der Waals surface area contributed by atoms with Crippen LogP contribution >= 0.6 is 0 Å². The van der Waals surface area contributed by atoms with Crippen LogP contribution in [0.3, 0.4) is 0 Å². The van der Waals surface area contributed by atoms with Gasteiger partial charge in [-0.1, -0.05) is 24.1 Å². The van der Waals surface area contributed by atoms with Crippen molar-refractivity contribution in [3.05, 3.63) is 59.4 Å². The molecule has 2 rings (SSSR count). The Bertz CT molecular complexity index is 627. The zero-order chi connectivity index (χ0) is 12.3. The lowest BCUT2D eigenvalue weighted by molar-refractivity contribution is 0.631. The molecule has 0 aliphatic heterocycles. The third-order valence-corrected chi connectivity index (χ3v) is 2.46. The molecule has 2 aromatic rings. The van der Waals surface area contributed by atoms with Crippen LogP contribution in [0.5, 0.6) is 0 Å². The molecule has 0 saturated heterocycles. The van der Waals surface area contributed by atoms with E-state index in [1.54, 1.807) is 36.4 Å². The van der Waals surface area contributed by atoms with Gasteiger partial charge in [0.05, 0.1) is 11.6 Å². The van der Waals surface area contributed by atoms with Crippen molar-refractivity contribution < 1.29 is 4.39 Å². The summed E-state index contributed by atoms with van der Waals surface area (Å²) in [6.45, 7) is 0. The lowest BCUT2D eigenvalue weighted by Crippen LogP contribution is -1.86. The van der Waals surface area contributed by atoms with E-state index in [1.807, 2.05) is 6.07 Å². The van der Waals surface area contributed by atoms with Crippen molar-refractivity contribution in [2.45, 2.75) is 0 Å². The number of rotatable bonds is 1. The van der Waals surface area contributed by atoms with Gasteiger partial charge in [-0.2, -0.15) is 5.26 Å². The summed E-state index contributed by atoms with van der Waals surface area (Å²) in [6, 6.07) is 13.4. The van der Waals surface area contributed by atoms with Crippen molar-refractivity contribution in [3.63, 3.8) is 0 Å². The van der Waals surface area contributed by atoms with Crippen molar-refractivity contribution >= 4 is 0 Å². The summed E-state index contributed by atoms with van der Waals surface area (Å²) in [6.07, 6.45) is 5.19. The van der Waals surface area contributed by atoms with E-state index in [0.29, 0.717) is 16.7 Å². The van der Waals surface area contributed by atoms with Gasteiger partial charge in [0.1, 0.15) is 5.82 Å². The Morgan fingerprint density at radius 1 is 1.00 bits per heavy atom. The third-order valence-electron chi connectivity index (χ3n) is 2.46. The number of hydrogen-bond donors (Lipinski definition) is 0. The highest BCUT2D eigenvalue weighted by molar-refractivity contribution is 5.65. The number of terminal acetylenes is 1. The number of nitrogens with zero attached hydrogens (tertiary/aromatic N) is 1. The molecule has 2 aromatic carbocycles.